The second-order valence-corrected chi connectivity index (χ2v) is 5.63. The Morgan fingerprint density at radius 3 is 2.46 bits per heavy atom. The number of nitrogens with one attached hydrogen (secondary N) is 2. The van der Waals surface area contributed by atoms with Gasteiger partial charge in [-0.05, 0) is 17.7 Å². The van der Waals surface area contributed by atoms with Gasteiger partial charge >= 0.3 is 0 Å². The van der Waals surface area contributed by atoms with Crippen LogP contribution in [-0.2, 0) is 4.79 Å². The van der Waals surface area contributed by atoms with Gasteiger partial charge in [0.25, 0.3) is 11.8 Å². The first-order valence-corrected chi connectivity index (χ1v) is 8.30. The summed E-state index contributed by atoms with van der Waals surface area (Å²) in [5.74, 6) is -0.642. The van der Waals surface area contributed by atoms with Gasteiger partial charge in [0.2, 0.25) is 0 Å². The lowest BCUT2D eigenvalue weighted by Crippen LogP contribution is -2.36. The van der Waals surface area contributed by atoms with E-state index in [9.17, 15) is 14.7 Å². The van der Waals surface area contributed by atoms with Gasteiger partial charge in [0.1, 0.15) is 5.75 Å². The average molecular weight is 357 g/mol. The number of carbonyl (C=O) groups excluding carboxylic acids is 2. The van der Waals surface area contributed by atoms with Crippen LogP contribution >= 0.6 is 0 Å². The van der Waals surface area contributed by atoms with Crippen LogP contribution in [0.1, 0.15) is 22.0 Å². The summed E-state index contributed by atoms with van der Waals surface area (Å²) in [6.45, 7) is 1.08. The maximum absolute atomic E-state index is 11.8. The number of primary amides is 1. The van der Waals surface area contributed by atoms with E-state index in [0.29, 0.717) is 19.6 Å². The molecule has 26 heavy (non-hydrogen) atoms. The molecule has 2 amide bonds. The third kappa shape index (κ3) is 6.19. The Balaban J connectivity index is 1.63. The van der Waals surface area contributed by atoms with Crippen molar-refractivity contribution in [1.29, 1.82) is 0 Å². The topological polar surface area (TPSA) is 114 Å². The quantitative estimate of drug-likeness (QED) is 0.465. The zero-order valence-corrected chi connectivity index (χ0v) is 14.4. The molecule has 0 bridgehead atoms. The van der Waals surface area contributed by atoms with Gasteiger partial charge in [-0.1, -0.05) is 42.5 Å². The number of aliphatic hydroxyl groups excluding tert-OH is 1. The molecule has 0 saturated carbocycles. The summed E-state index contributed by atoms with van der Waals surface area (Å²) in [7, 11) is 0. The molecule has 7 heteroatoms. The largest absolute Gasteiger partial charge is 0.483 e. The van der Waals surface area contributed by atoms with Gasteiger partial charge in [-0.3, -0.25) is 9.59 Å². The molecule has 0 radical (unpaired) electrons. The lowest BCUT2D eigenvalue weighted by Gasteiger charge is -2.13. The van der Waals surface area contributed by atoms with Crippen molar-refractivity contribution in [2.75, 3.05) is 26.2 Å². The minimum atomic E-state index is -0.609. The summed E-state index contributed by atoms with van der Waals surface area (Å²) < 4.78 is 5.34. The predicted molar refractivity (Wildman–Crippen MR) is 97.7 cm³/mol. The second-order valence-electron chi connectivity index (χ2n) is 5.63. The smallest absolute Gasteiger partial charge is 0.257 e. The van der Waals surface area contributed by atoms with Crippen molar-refractivity contribution < 1.29 is 19.4 Å². The summed E-state index contributed by atoms with van der Waals surface area (Å²) in [5, 5.41) is 15.8. The fraction of sp³-hybridized carbons (Fsp3) is 0.263. The number of nitrogens with two attached hydrogens (primary N) is 1. The van der Waals surface area contributed by atoms with Crippen LogP contribution in [0.2, 0.25) is 0 Å². The Labute approximate surface area is 152 Å². The Bertz CT molecular complexity index is 722. The molecule has 0 aliphatic heterocycles. The molecule has 0 aliphatic rings. The number of hydrogen-bond donors (Lipinski definition) is 4. The zero-order chi connectivity index (χ0) is 18.8. The van der Waals surface area contributed by atoms with Gasteiger partial charge in [-0.25, -0.2) is 0 Å². The highest BCUT2D eigenvalue weighted by atomic mass is 16.5. The number of para-hydroxylation sites is 1. The Morgan fingerprint density at radius 1 is 1.04 bits per heavy atom. The van der Waals surface area contributed by atoms with E-state index in [2.05, 4.69) is 10.6 Å². The lowest BCUT2D eigenvalue weighted by molar-refractivity contribution is -0.123. The summed E-state index contributed by atoms with van der Waals surface area (Å²) in [6, 6.07) is 15.8. The summed E-state index contributed by atoms with van der Waals surface area (Å²) in [5.41, 5.74) is 6.32. The van der Waals surface area contributed by atoms with Crippen LogP contribution in [0.4, 0.5) is 0 Å². The fourth-order valence-electron chi connectivity index (χ4n) is 2.31. The van der Waals surface area contributed by atoms with Crippen LogP contribution in [0.15, 0.2) is 54.6 Å². The highest BCUT2D eigenvalue weighted by Crippen LogP contribution is 2.16. The molecular formula is C19H23N3O4. The first kappa shape index (κ1) is 19.4. The minimum absolute atomic E-state index is 0.211. The van der Waals surface area contributed by atoms with Gasteiger partial charge in [0, 0.05) is 19.6 Å². The Morgan fingerprint density at radius 2 is 1.73 bits per heavy atom. The van der Waals surface area contributed by atoms with E-state index in [4.69, 9.17) is 10.5 Å². The molecule has 0 heterocycles. The third-order valence-electron chi connectivity index (χ3n) is 3.66. The molecule has 2 aromatic carbocycles. The molecule has 2 aromatic rings. The van der Waals surface area contributed by atoms with E-state index in [1.165, 1.54) is 6.07 Å². The molecule has 0 saturated heterocycles. The monoisotopic (exact) mass is 357 g/mol. The van der Waals surface area contributed by atoms with Gasteiger partial charge in [0.05, 0.1) is 11.7 Å². The van der Waals surface area contributed by atoms with Gasteiger partial charge in [0.15, 0.2) is 6.61 Å². The van der Waals surface area contributed by atoms with E-state index in [-0.39, 0.29) is 23.8 Å². The van der Waals surface area contributed by atoms with E-state index in [0.717, 1.165) is 5.56 Å². The van der Waals surface area contributed by atoms with Gasteiger partial charge < -0.3 is 26.2 Å². The molecule has 0 spiro atoms. The van der Waals surface area contributed by atoms with Crippen LogP contribution < -0.4 is 21.1 Å². The van der Waals surface area contributed by atoms with Crippen molar-refractivity contribution in [3.63, 3.8) is 0 Å². The molecule has 0 aliphatic carbocycles. The van der Waals surface area contributed by atoms with Crippen LogP contribution in [-0.4, -0.2) is 43.2 Å². The van der Waals surface area contributed by atoms with Crippen molar-refractivity contribution in [3.8, 4) is 5.75 Å². The lowest BCUT2D eigenvalue weighted by atomic mass is 10.1. The van der Waals surface area contributed by atoms with Crippen LogP contribution in [0.3, 0.4) is 0 Å². The van der Waals surface area contributed by atoms with Gasteiger partial charge in [-0.2, -0.15) is 0 Å². The summed E-state index contributed by atoms with van der Waals surface area (Å²) in [6.07, 6.45) is -0.597. The highest BCUT2D eigenvalue weighted by molar-refractivity contribution is 5.95. The third-order valence-corrected chi connectivity index (χ3v) is 3.66. The average Bonchev–Trinajstić information content (AvgIpc) is 2.66. The zero-order valence-electron chi connectivity index (χ0n) is 14.4. The first-order valence-electron chi connectivity index (χ1n) is 8.30. The SMILES string of the molecule is NC(=O)c1ccccc1OCC(=O)NCCNC[C@H](O)c1ccccc1. The Hall–Kier alpha value is -2.90. The number of rotatable bonds is 10. The fourth-order valence-corrected chi connectivity index (χ4v) is 2.31. The molecule has 5 N–H and O–H groups in total. The normalized spacial score (nSPS) is 11.6. The number of benzene rings is 2. The molecule has 0 aromatic heterocycles. The van der Waals surface area contributed by atoms with Crippen LogP contribution in [0, 0.1) is 0 Å². The van der Waals surface area contributed by atoms with Crippen molar-refractivity contribution in [1.82, 2.24) is 10.6 Å². The molecule has 0 fully saturated rings. The maximum atomic E-state index is 11.8. The first-order chi connectivity index (χ1) is 12.6. The highest BCUT2D eigenvalue weighted by Gasteiger charge is 2.10. The number of hydrogen-bond acceptors (Lipinski definition) is 5. The van der Waals surface area contributed by atoms with Crippen molar-refractivity contribution in [3.05, 3.63) is 65.7 Å². The number of amides is 2. The van der Waals surface area contributed by atoms with Crippen molar-refractivity contribution >= 4 is 11.8 Å². The van der Waals surface area contributed by atoms with E-state index in [1.54, 1.807) is 18.2 Å². The number of ether oxygens (including phenoxy) is 1. The Kier molecular flexibility index (Phi) is 7.60. The molecular weight excluding hydrogens is 334 g/mol. The molecule has 138 valence electrons. The van der Waals surface area contributed by atoms with Gasteiger partial charge in [-0.15, -0.1) is 0 Å². The molecule has 0 unspecified atom stereocenters. The molecule has 7 nitrogen and oxygen atoms in total. The number of carbonyl (C=O) groups is 2. The van der Waals surface area contributed by atoms with Crippen LogP contribution in [0.25, 0.3) is 0 Å². The predicted octanol–water partition coefficient (Wildman–Crippen LogP) is 0.604. The van der Waals surface area contributed by atoms with E-state index >= 15 is 0 Å². The number of aliphatic hydroxyl groups is 1. The minimum Gasteiger partial charge on any atom is -0.483 e. The summed E-state index contributed by atoms with van der Waals surface area (Å²) >= 11 is 0. The van der Waals surface area contributed by atoms with Crippen molar-refractivity contribution in [2.45, 2.75) is 6.10 Å². The molecule has 2 rings (SSSR count). The summed E-state index contributed by atoms with van der Waals surface area (Å²) in [4.78, 5) is 23.1. The van der Waals surface area contributed by atoms with E-state index < -0.39 is 12.0 Å². The van der Waals surface area contributed by atoms with Crippen LogP contribution in [0.5, 0.6) is 5.75 Å². The maximum Gasteiger partial charge on any atom is 0.257 e. The second kappa shape index (κ2) is 10.2. The standard InChI is InChI=1S/C19H23N3O4/c20-19(25)15-8-4-5-9-17(15)26-13-18(24)22-11-10-21-12-16(23)14-6-2-1-3-7-14/h1-9,16,21,23H,10-13H2,(H2,20,25)(H,22,24)/t16-/m0/s1. The van der Waals surface area contributed by atoms with Crippen molar-refractivity contribution in [2.24, 2.45) is 5.73 Å². The van der Waals surface area contributed by atoms with E-state index in [1.807, 2.05) is 30.3 Å². The molecule has 1 atom stereocenters.